The largest absolute Gasteiger partial charge is 0.490 e. The van der Waals surface area contributed by atoms with Gasteiger partial charge in [-0.1, -0.05) is 65.2 Å². The Kier molecular flexibility index (Phi) is 11.1. The molecule has 0 atom stereocenters. The van der Waals surface area contributed by atoms with E-state index in [4.69, 9.17) is 16.3 Å². The molecule has 0 bridgehead atoms. The van der Waals surface area contributed by atoms with Crippen LogP contribution in [-0.4, -0.2) is 38.2 Å². The first-order valence-electron chi connectivity index (χ1n) is 17.1. The van der Waals surface area contributed by atoms with Gasteiger partial charge < -0.3 is 25.6 Å². The summed E-state index contributed by atoms with van der Waals surface area (Å²) in [6.07, 6.45) is 6.01. The summed E-state index contributed by atoms with van der Waals surface area (Å²) < 4.78 is 5.88. The molecule has 0 aliphatic heterocycles. The molecule has 7 rings (SSSR count). The van der Waals surface area contributed by atoms with E-state index in [0.29, 0.717) is 22.5 Å². The van der Waals surface area contributed by atoms with E-state index in [0.717, 1.165) is 74.7 Å². The standard InChI is InChI=1S/C23H22N2O3.C20H17ClN2O2/c1-14-6-9-21(20(10-14)23(26)27)25-17-11-15(2)22(24-13-17)16-4-3-5-19(12-16)28-18-7-8-18;1-12-7-8-18(16(9-12)20(24)25)23-14-10-13(2)19(22-11-14)15-5-3-4-6-17(15)21/h3-6,9-13,18,25H,7-8H2,1-2H3,(H,26,27);3-11,23H,1-2H3,(H,24,25). The maximum Gasteiger partial charge on any atom is 0.337 e. The van der Waals surface area contributed by atoms with Gasteiger partial charge in [-0.15, -0.1) is 0 Å². The van der Waals surface area contributed by atoms with E-state index in [1.54, 1.807) is 36.7 Å². The molecular formula is C43H39ClN4O5. The molecule has 4 aromatic carbocycles. The zero-order chi connectivity index (χ0) is 37.6. The Morgan fingerprint density at radius 3 is 1.74 bits per heavy atom. The number of hydrogen-bond donors (Lipinski definition) is 4. The summed E-state index contributed by atoms with van der Waals surface area (Å²) in [7, 11) is 0. The van der Waals surface area contributed by atoms with Gasteiger partial charge in [-0.3, -0.25) is 9.97 Å². The van der Waals surface area contributed by atoms with Crippen LogP contribution in [0.25, 0.3) is 22.5 Å². The van der Waals surface area contributed by atoms with Gasteiger partial charge in [-0.2, -0.15) is 0 Å². The van der Waals surface area contributed by atoms with Crippen molar-refractivity contribution < 1.29 is 24.5 Å². The van der Waals surface area contributed by atoms with E-state index < -0.39 is 11.9 Å². The van der Waals surface area contributed by atoms with Crippen molar-refractivity contribution in [2.24, 2.45) is 0 Å². The first kappa shape index (κ1) is 36.6. The number of nitrogens with zero attached hydrogens (tertiary/aromatic N) is 2. The molecule has 10 heteroatoms. The molecule has 0 spiro atoms. The van der Waals surface area contributed by atoms with E-state index in [1.165, 1.54) is 0 Å². The molecule has 6 aromatic rings. The second-order valence-corrected chi connectivity index (χ2v) is 13.5. The predicted octanol–water partition coefficient (Wildman–Crippen LogP) is 10.8. The lowest BCUT2D eigenvalue weighted by atomic mass is 10.1. The second-order valence-electron chi connectivity index (χ2n) is 13.1. The second kappa shape index (κ2) is 16.0. The number of benzene rings is 4. The zero-order valence-electron chi connectivity index (χ0n) is 29.8. The molecule has 0 unspecified atom stereocenters. The van der Waals surface area contributed by atoms with Crippen molar-refractivity contribution in [3.63, 3.8) is 0 Å². The fourth-order valence-corrected chi connectivity index (χ4v) is 6.04. The summed E-state index contributed by atoms with van der Waals surface area (Å²) in [5, 5.41) is 25.8. The predicted molar refractivity (Wildman–Crippen MR) is 210 cm³/mol. The highest BCUT2D eigenvalue weighted by Crippen LogP contribution is 2.33. The molecule has 1 aliphatic carbocycles. The fraction of sp³-hybridized carbons (Fsp3) is 0.163. The maximum atomic E-state index is 11.5. The number of nitrogens with one attached hydrogen (secondary N) is 2. The van der Waals surface area contributed by atoms with Crippen molar-refractivity contribution in [3.8, 4) is 28.3 Å². The lowest BCUT2D eigenvalue weighted by molar-refractivity contribution is 0.0687. The van der Waals surface area contributed by atoms with Crippen LogP contribution in [0.4, 0.5) is 22.7 Å². The van der Waals surface area contributed by atoms with Gasteiger partial charge in [0.2, 0.25) is 0 Å². The number of anilines is 4. The van der Waals surface area contributed by atoms with E-state index in [1.807, 2.05) is 100 Å². The summed E-state index contributed by atoms with van der Waals surface area (Å²) in [6.45, 7) is 7.68. The van der Waals surface area contributed by atoms with E-state index in [9.17, 15) is 19.8 Å². The van der Waals surface area contributed by atoms with Gasteiger partial charge in [-0.05, 0) is 106 Å². The minimum absolute atomic E-state index is 0.229. The quantitative estimate of drug-likeness (QED) is 0.109. The highest BCUT2D eigenvalue weighted by Gasteiger charge is 2.23. The maximum absolute atomic E-state index is 11.5. The van der Waals surface area contributed by atoms with Crippen molar-refractivity contribution in [1.29, 1.82) is 0 Å². The molecule has 0 radical (unpaired) electrons. The molecule has 1 aliphatic rings. The molecule has 53 heavy (non-hydrogen) atoms. The summed E-state index contributed by atoms with van der Waals surface area (Å²) in [5.74, 6) is -1.06. The van der Waals surface area contributed by atoms with Crippen LogP contribution in [0.3, 0.4) is 0 Å². The number of pyridine rings is 2. The highest BCUT2D eigenvalue weighted by molar-refractivity contribution is 6.33. The van der Waals surface area contributed by atoms with Gasteiger partial charge in [0.05, 0.1) is 63.8 Å². The summed E-state index contributed by atoms with van der Waals surface area (Å²) in [4.78, 5) is 32.1. The Balaban J connectivity index is 0.000000183. The van der Waals surface area contributed by atoms with Gasteiger partial charge in [0, 0.05) is 16.1 Å². The Morgan fingerprint density at radius 1 is 0.679 bits per heavy atom. The summed E-state index contributed by atoms with van der Waals surface area (Å²) >= 11 is 6.25. The van der Waals surface area contributed by atoms with Crippen molar-refractivity contribution in [1.82, 2.24) is 9.97 Å². The topological polar surface area (TPSA) is 134 Å². The minimum Gasteiger partial charge on any atom is -0.490 e. The Morgan fingerprint density at radius 2 is 1.23 bits per heavy atom. The van der Waals surface area contributed by atoms with Crippen molar-refractivity contribution in [2.45, 2.75) is 46.6 Å². The van der Waals surface area contributed by atoms with Gasteiger partial charge in [0.1, 0.15) is 5.75 Å². The molecule has 4 N–H and O–H groups in total. The first-order valence-corrected chi connectivity index (χ1v) is 17.5. The van der Waals surface area contributed by atoms with Gasteiger partial charge >= 0.3 is 11.9 Å². The van der Waals surface area contributed by atoms with E-state index in [2.05, 4.69) is 20.6 Å². The number of aromatic carboxylic acids is 2. The van der Waals surface area contributed by atoms with Crippen LogP contribution < -0.4 is 15.4 Å². The molecule has 0 saturated heterocycles. The van der Waals surface area contributed by atoms with Crippen LogP contribution in [0.15, 0.2) is 109 Å². The number of ether oxygens (including phenoxy) is 1. The fourth-order valence-electron chi connectivity index (χ4n) is 5.82. The van der Waals surface area contributed by atoms with Crippen LogP contribution >= 0.6 is 11.6 Å². The van der Waals surface area contributed by atoms with Crippen LogP contribution in [-0.2, 0) is 0 Å². The number of carboxylic acids is 2. The molecule has 9 nitrogen and oxygen atoms in total. The minimum atomic E-state index is -0.969. The lowest BCUT2D eigenvalue weighted by Crippen LogP contribution is -2.04. The van der Waals surface area contributed by atoms with Crippen molar-refractivity contribution >= 4 is 46.3 Å². The Bertz CT molecular complexity index is 2320. The number of halogens is 1. The number of carbonyl (C=O) groups is 2. The lowest BCUT2D eigenvalue weighted by Gasteiger charge is -2.13. The van der Waals surface area contributed by atoms with Gasteiger partial charge in [0.15, 0.2) is 0 Å². The molecule has 2 heterocycles. The molecule has 2 aromatic heterocycles. The first-order chi connectivity index (χ1) is 25.4. The number of rotatable bonds is 10. The number of hydrogen-bond acceptors (Lipinski definition) is 7. The van der Waals surface area contributed by atoms with Crippen molar-refractivity contribution in [2.75, 3.05) is 10.6 Å². The number of aryl methyl sites for hydroxylation is 4. The van der Waals surface area contributed by atoms with Crippen LogP contribution in [0.5, 0.6) is 5.75 Å². The SMILES string of the molecule is Cc1ccc(Nc2cnc(-c3cccc(OC4CC4)c3)c(C)c2)c(C(=O)O)c1.Cc1ccc(Nc2cnc(-c3ccccc3Cl)c(C)c2)c(C(=O)O)c1. The molecule has 268 valence electrons. The Hall–Kier alpha value is -6.19. The third-order valence-electron chi connectivity index (χ3n) is 8.59. The normalized spacial score (nSPS) is 11.9. The molecule has 1 fully saturated rings. The number of carboxylic acid groups (broad SMARTS) is 2. The summed E-state index contributed by atoms with van der Waals surface area (Å²) in [6, 6.07) is 30.0. The van der Waals surface area contributed by atoms with Crippen LogP contribution in [0.1, 0.15) is 55.8 Å². The third kappa shape index (κ3) is 9.19. The monoisotopic (exact) mass is 726 g/mol. The average molecular weight is 727 g/mol. The van der Waals surface area contributed by atoms with E-state index in [-0.39, 0.29) is 11.1 Å². The number of aromatic nitrogens is 2. The smallest absolute Gasteiger partial charge is 0.337 e. The van der Waals surface area contributed by atoms with Crippen molar-refractivity contribution in [3.05, 3.63) is 148 Å². The van der Waals surface area contributed by atoms with Crippen LogP contribution in [0.2, 0.25) is 5.02 Å². The zero-order valence-corrected chi connectivity index (χ0v) is 30.5. The van der Waals surface area contributed by atoms with Gasteiger partial charge in [0.25, 0.3) is 0 Å². The molecule has 1 saturated carbocycles. The van der Waals surface area contributed by atoms with E-state index >= 15 is 0 Å². The Labute approximate surface area is 313 Å². The average Bonchev–Trinajstić information content (AvgIpc) is 3.95. The highest BCUT2D eigenvalue weighted by atomic mass is 35.5. The summed E-state index contributed by atoms with van der Waals surface area (Å²) in [5.41, 5.74) is 10.3. The molecule has 0 amide bonds. The van der Waals surface area contributed by atoms with Gasteiger partial charge in [-0.25, -0.2) is 9.59 Å². The molecular weight excluding hydrogens is 688 g/mol. The third-order valence-corrected chi connectivity index (χ3v) is 8.92. The van der Waals surface area contributed by atoms with Crippen LogP contribution in [0, 0.1) is 27.7 Å².